The van der Waals surface area contributed by atoms with Gasteiger partial charge in [-0.15, -0.1) is 0 Å². The third-order valence-corrected chi connectivity index (χ3v) is 3.56. The van der Waals surface area contributed by atoms with Gasteiger partial charge in [0.2, 0.25) is 0 Å². The second kappa shape index (κ2) is 5.59. The van der Waals surface area contributed by atoms with Crippen molar-refractivity contribution in [1.82, 2.24) is 4.90 Å². The zero-order valence-electron chi connectivity index (χ0n) is 10.4. The van der Waals surface area contributed by atoms with Crippen molar-refractivity contribution in [3.8, 4) is 5.75 Å². The smallest absolute Gasteiger partial charge is 0.260 e. The molecule has 1 aromatic rings. The number of hydrogen-bond acceptors (Lipinski definition) is 3. The summed E-state index contributed by atoms with van der Waals surface area (Å²) in [5, 5.41) is 0.642. The Morgan fingerprint density at radius 2 is 2.39 bits per heavy atom. The zero-order valence-corrected chi connectivity index (χ0v) is 11.1. The minimum Gasteiger partial charge on any atom is -0.483 e. The summed E-state index contributed by atoms with van der Waals surface area (Å²) < 4.78 is 5.51. The molecule has 1 aliphatic heterocycles. The van der Waals surface area contributed by atoms with Gasteiger partial charge in [-0.25, -0.2) is 0 Å². The number of nitrogens with two attached hydrogens (primary N) is 1. The van der Waals surface area contributed by atoms with Crippen molar-refractivity contribution in [3.05, 3.63) is 28.8 Å². The number of rotatable bonds is 3. The van der Waals surface area contributed by atoms with Gasteiger partial charge in [0.05, 0.1) is 0 Å². The Morgan fingerprint density at radius 1 is 1.61 bits per heavy atom. The molecule has 1 atom stereocenters. The van der Waals surface area contributed by atoms with E-state index in [4.69, 9.17) is 22.1 Å². The van der Waals surface area contributed by atoms with Crippen LogP contribution in [0.25, 0.3) is 0 Å². The Hall–Kier alpha value is -1.26. The predicted octanol–water partition coefficient (Wildman–Crippen LogP) is 1.59. The average molecular weight is 269 g/mol. The first-order valence-electron chi connectivity index (χ1n) is 5.99. The van der Waals surface area contributed by atoms with Crippen LogP contribution in [-0.4, -0.2) is 36.5 Å². The number of carbonyl (C=O) groups is 1. The Morgan fingerprint density at radius 3 is 3.06 bits per heavy atom. The van der Waals surface area contributed by atoms with E-state index in [0.29, 0.717) is 17.3 Å². The van der Waals surface area contributed by atoms with E-state index in [2.05, 4.69) is 0 Å². The molecular weight excluding hydrogens is 252 g/mol. The lowest BCUT2D eigenvalue weighted by molar-refractivity contribution is -0.132. The molecule has 1 saturated heterocycles. The lowest BCUT2D eigenvalue weighted by Gasteiger charge is -2.16. The van der Waals surface area contributed by atoms with Crippen LogP contribution in [0.15, 0.2) is 18.2 Å². The molecule has 4 nitrogen and oxygen atoms in total. The van der Waals surface area contributed by atoms with Crippen molar-refractivity contribution in [3.63, 3.8) is 0 Å². The maximum Gasteiger partial charge on any atom is 0.260 e. The van der Waals surface area contributed by atoms with E-state index < -0.39 is 0 Å². The maximum absolute atomic E-state index is 11.9. The quantitative estimate of drug-likeness (QED) is 0.906. The molecule has 0 aromatic heterocycles. The van der Waals surface area contributed by atoms with E-state index in [-0.39, 0.29) is 18.6 Å². The first-order chi connectivity index (χ1) is 8.58. The largest absolute Gasteiger partial charge is 0.483 e. The molecule has 1 aromatic carbocycles. The van der Waals surface area contributed by atoms with Crippen LogP contribution in [0.3, 0.4) is 0 Å². The molecule has 1 heterocycles. The van der Waals surface area contributed by atoms with Crippen molar-refractivity contribution in [1.29, 1.82) is 0 Å². The highest BCUT2D eigenvalue weighted by Gasteiger charge is 2.23. The molecule has 2 N–H and O–H groups in total. The Labute approximate surface area is 112 Å². The Balaban J connectivity index is 1.91. The fourth-order valence-electron chi connectivity index (χ4n) is 1.99. The number of halogens is 1. The van der Waals surface area contributed by atoms with Gasteiger partial charge < -0.3 is 15.4 Å². The molecule has 0 bridgehead atoms. The second-order valence-corrected chi connectivity index (χ2v) is 4.95. The lowest BCUT2D eigenvalue weighted by atomic mass is 10.2. The number of hydrogen-bond donors (Lipinski definition) is 1. The van der Waals surface area contributed by atoms with E-state index in [1.54, 1.807) is 17.0 Å². The van der Waals surface area contributed by atoms with Gasteiger partial charge in [-0.2, -0.15) is 0 Å². The number of amides is 1. The van der Waals surface area contributed by atoms with Crippen molar-refractivity contribution in [2.24, 2.45) is 5.73 Å². The van der Waals surface area contributed by atoms with Crippen molar-refractivity contribution in [2.75, 3.05) is 19.7 Å². The minimum absolute atomic E-state index is 0.0256. The molecule has 0 unspecified atom stereocenters. The molecule has 1 amide bonds. The monoisotopic (exact) mass is 268 g/mol. The van der Waals surface area contributed by atoms with Gasteiger partial charge in [-0.05, 0) is 25.5 Å². The van der Waals surface area contributed by atoms with E-state index in [1.165, 1.54) is 0 Å². The van der Waals surface area contributed by atoms with Crippen molar-refractivity contribution >= 4 is 17.5 Å². The van der Waals surface area contributed by atoms with Gasteiger partial charge >= 0.3 is 0 Å². The molecule has 0 radical (unpaired) electrons. The van der Waals surface area contributed by atoms with E-state index in [1.807, 2.05) is 13.0 Å². The fraction of sp³-hybridized carbons (Fsp3) is 0.462. The standard InChI is InChI=1S/C13H17ClN2O2/c1-9-11(14)3-2-4-12(9)18-8-13(17)16-6-5-10(15)7-16/h2-4,10H,5-8,15H2,1H3/t10-/m1/s1. The van der Waals surface area contributed by atoms with Gasteiger partial charge in [-0.3, -0.25) is 4.79 Å². The SMILES string of the molecule is Cc1c(Cl)cccc1OCC(=O)N1CC[C@@H](N)C1. The van der Waals surface area contributed by atoms with Crippen LogP contribution in [-0.2, 0) is 4.79 Å². The molecule has 2 rings (SSSR count). The summed E-state index contributed by atoms with van der Waals surface area (Å²) in [7, 11) is 0. The van der Waals surface area contributed by atoms with Crippen LogP contribution in [0, 0.1) is 6.92 Å². The molecule has 0 spiro atoms. The van der Waals surface area contributed by atoms with Gasteiger partial charge in [0.25, 0.3) is 5.91 Å². The third-order valence-electron chi connectivity index (χ3n) is 3.15. The van der Waals surface area contributed by atoms with E-state index >= 15 is 0 Å². The summed E-state index contributed by atoms with van der Waals surface area (Å²) in [6.45, 7) is 3.25. The summed E-state index contributed by atoms with van der Waals surface area (Å²) in [6, 6.07) is 5.51. The normalized spacial score (nSPS) is 19.1. The topological polar surface area (TPSA) is 55.6 Å². The number of likely N-dealkylation sites (tertiary alicyclic amines) is 1. The maximum atomic E-state index is 11.9. The number of nitrogens with zero attached hydrogens (tertiary/aromatic N) is 1. The molecule has 98 valence electrons. The van der Waals surface area contributed by atoms with E-state index in [9.17, 15) is 4.79 Å². The molecule has 1 aliphatic rings. The Kier molecular flexibility index (Phi) is 4.09. The Bertz CT molecular complexity index is 451. The van der Waals surface area contributed by atoms with Crippen LogP contribution < -0.4 is 10.5 Å². The van der Waals surface area contributed by atoms with Crippen LogP contribution in [0.1, 0.15) is 12.0 Å². The molecule has 0 aliphatic carbocycles. The molecule has 18 heavy (non-hydrogen) atoms. The van der Waals surface area contributed by atoms with Crippen LogP contribution in [0.2, 0.25) is 5.02 Å². The van der Waals surface area contributed by atoms with Gasteiger partial charge in [0.1, 0.15) is 5.75 Å². The highest BCUT2D eigenvalue weighted by Crippen LogP contribution is 2.25. The summed E-state index contributed by atoms with van der Waals surface area (Å²) >= 11 is 5.98. The number of carbonyl (C=O) groups excluding carboxylic acids is 1. The van der Waals surface area contributed by atoms with E-state index in [0.717, 1.165) is 18.5 Å². The van der Waals surface area contributed by atoms with Gasteiger partial charge in [0, 0.05) is 29.7 Å². The van der Waals surface area contributed by atoms with Crippen LogP contribution in [0.4, 0.5) is 0 Å². The van der Waals surface area contributed by atoms with Crippen LogP contribution in [0.5, 0.6) is 5.75 Å². The highest BCUT2D eigenvalue weighted by molar-refractivity contribution is 6.31. The van der Waals surface area contributed by atoms with Crippen LogP contribution >= 0.6 is 11.6 Å². The predicted molar refractivity (Wildman–Crippen MR) is 70.9 cm³/mol. The summed E-state index contributed by atoms with van der Waals surface area (Å²) in [5.74, 6) is 0.627. The summed E-state index contributed by atoms with van der Waals surface area (Å²) in [5.41, 5.74) is 6.61. The molecule has 0 saturated carbocycles. The first-order valence-corrected chi connectivity index (χ1v) is 6.37. The zero-order chi connectivity index (χ0) is 13.1. The number of ether oxygens (including phenoxy) is 1. The molecule has 5 heteroatoms. The van der Waals surface area contributed by atoms with Crippen molar-refractivity contribution in [2.45, 2.75) is 19.4 Å². The van der Waals surface area contributed by atoms with Gasteiger partial charge in [-0.1, -0.05) is 17.7 Å². The molecule has 1 fully saturated rings. The third kappa shape index (κ3) is 2.94. The fourth-order valence-corrected chi connectivity index (χ4v) is 2.15. The minimum atomic E-state index is -0.0256. The first kappa shape index (κ1) is 13.2. The number of benzene rings is 1. The van der Waals surface area contributed by atoms with Gasteiger partial charge in [0.15, 0.2) is 6.61 Å². The average Bonchev–Trinajstić information content (AvgIpc) is 2.77. The summed E-state index contributed by atoms with van der Waals surface area (Å²) in [6.07, 6.45) is 0.863. The lowest BCUT2D eigenvalue weighted by Crippen LogP contribution is -2.35. The second-order valence-electron chi connectivity index (χ2n) is 4.54. The molecular formula is C13H17ClN2O2. The van der Waals surface area contributed by atoms with Crippen molar-refractivity contribution < 1.29 is 9.53 Å². The summed E-state index contributed by atoms with van der Waals surface area (Å²) in [4.78, 5) is 13.6. The highest BCUT2D eigenvalue weighted by atomic mass is 35.5.